The highest BCUT2D eigenvalue weighted by atomic mass is 79.9. The average molecular weight is 501 g/mol. The van der Waals surface area contributed by atoms with E-state index in [1.165, 1.54) is 0 Å². The zero-order chi connectivity index (χ0) is 21.3. The third-order valence-corrected chi connectivity index (χ3v) is 6.15. The first-order valence-corrected chi connectivity index (χ1v) is 10.7. The van der Waals surface area contributed by atoms with Crippen LogP contribution < -0.4 is 9.64 Å². The van der Waals surface area contributed by atoms with Crippen molar-refractivity contribution in [2.45, 2.75) is 0 Å². The number of halogens is 3. The first-order valence-electron chi connectivity index (χ1n) is 9.10. The van der Waals surface area contributed by atoms with Crippen LogP contribution in [0.4, 0.5) is 5.69 Å². The van der Waals surface area contributed by atoms with Crippen molar-refractivity contribution >= 4 is 62.5 Å². The Morgan fingerprint density at radius 1 is 1.00 bits per heavy atom. The van der Waals surface area contributed by atoms with Gasteiger partial charge in [0.15, 0.2) is 0 Å². The third kappa shape index (κ3) is 3.91. The van der Waals surface area contributed by atoms with E-state index in [0.717, 1.165) is 27.0 Å². The maximum atomic E-state index is 13.4. The molecule has 0 aliphatic carbocycles. The Kier molecular flexibility index (Phi) is 6.00. The van der Waals surface area contributed by atoms with Gasteiger partial charge in [-0.25, -0.2) is 0 Å². The van der Waals surface area contributed by atoms with Gasteiger partial charge in [0.1, 0.15) is 5.75 Å². The standard InChI is InChI=1S/C24H16BrCl2NO2/c1-30-22-11-10-15(13-18(22)25)12-17-14-21(16-6-3-2-4-7-16)28(24(17)29)20-9-5-8-19(26)23(20)27/h2-14H,1H3. The lowest BCUT2D eigenvalue weighted by atomic mass is 10.1. The van der Waals surface area contributed by atoms with E-state index in [9.17, 15) is 4.79 Å². The lowest BCUT2D eigenvalue weighted by molar-refractivity contribution is -0.113. The number of rotatable bonds is 4. The second-order valence-corrected chi connectivity index (χ2v) is 8.24. The van der Waals surface area contributed by atoms with Crippen LogP contribution in [0.5, 0.6) is 5.75 Å². The molecule has 1 aliphatic rings. The summed E-state index contributed by atoms with van der Waals surface area (Å²) in [5.74, 6) is 0.549. The zero-order valence-corrected chi connectivity index (χ0v) is 19.0. The number of amides is 1. The molecule has 0 bridgehead atoms. The number of anilines is 1. The summed E-state index contributed by atoms with van der Waals surface area (Å²) in [5, 5.41) is 0.730. The average Bonchev–Trinajstić information content (AvgIpc) is 3.07. The summed E-state index contributed by atoms with van der Waals surface area (Å²) in [6.07, 6.45) is 3.71. The Balaban J connectivity index is 1.84. The first kappa shape index (κ1) is 20.7. The van der Waals surface area contributed by atoms with Gasteiger partial charge < -0.3 is 4.74 Å². The Hall–Kier alpha value is -2.53. The van der Waals surface area contributed by atoms with Crippen molar-refractivity contribution in [3.05, 3.63) is 104 Å². The highest BCUT2D eigenvalue weighted by molar-refractivity contribution is 9.10. The number of ether oxygens (including phenoxy) is 1. The van der Waals surface area contributed by atoms with E-state index < -0.39 is 0 Å². The minimum atomic E-state index is -0.176. The molecule has 0 unspecified atom stereocenters. The van der Waals surface area contributed by atoms with Crippen molar-refractivity contribution in [2.24, 2.45) is 0 Å². The van der Waals surface area contributed by atoms with Crippen LogP contribution in [0.3, 0.4) is 0 Å². The van der Waals surface area contributed by atoms with E-state index in [0.29, 0.717) is 21.3 Å². The highest BCUT2D eigenvalue weighted by Crippen LogP contribution is 2.41. The number of carbonyl (C=O) groups is 1. The molecule has 0 N–H and O–H groups in total. The predicted molar refractivity (Wildman–Crippen MR) is 127 cm³/mol. The van der Waals surface area contributed by atoms with E-state index in [2.05, 4.69) is 15.9 Å². The molecule has 1 aliphatic heterocycles. The summed E-state index contributed by atoms with van der Waals surface area (Å²) in [5.41, 5.74) is 3.60. The van der Waals surface area contributed by atoms with Crippen LogP contribution in [0.2, 0.25) is 10.0 Å². The molecule has 1 heterocycles. The lowest BCUT2D eigenvalue weighted by Gasteiger charge is -2.22. The largest absolute Gasteiger partial charge is 0.496 e. The van der Waals surface area contributed by atoms with Crippen LogP contribution in [0.15, 0.2) is 82.9 Å². The van der Waals surface area contributed by atoms with Gasteiger partial charge in [0, 0.05) is 5.57 Å². The van der Waals surface area contributed by atoms with E-state index in [4.69, 9.17) is 27.9 Å². The molecule has 0 saturated carbocycles. The summed E-state index contributed by atoms with van der Waals surface area (Å²) >= 11 is 16.2. The second-order valence-electron chi connectivity index (χ2n) is 6.60. The zero-order valence-electron chi connectivity index (χ0n) is 15.9. The van der Waals surface area contributed by atoms with E-state index in [1.807, 2.05) is 60.7 Å². The Morgan fingerprint density at radius 2 is 1.77 bits per heavy atom. The maximum Gasteiger partial charge on any atom is 0.262 e. The molecule has 30 heavy (non-hydrogen) atoms. The molecule has 150 valence electrons. The van der Waals surface area contributed by atoms with Crippen LogP contribution in [0.25, 0.3) is 11.8 Å². The SMILES string of the molecule is COc1ccc(C=C2C=C(c3ccccc3)N(c3cccc(Cl)c3Cl)C2=O)cc1Br. The summed E-state index contributed by atoms with van der Waals surface area (Å²) < 4.78 is 6.10. The summed E-state index contributed by atoms with van der Waals surface area (Å²) in [6.45, 7) is 0. The third-order valence-electron chi connectivity index (χ3n) is 4.72. The quantitative estimate of drug-likeness (QED) is 0.353. The minimum Gasteiger partial charge on any atom is -0.496 e. The van der Waals surface area contributed by atoms with Gasteiger partial charge in [-0.2, -0.15) is 0 Å². The van der Waals surface area contributed by atoms with E-state index >= 15 is 0 Å². The Morgan fingerprint density at radius 3 is 2.47 bits per heavy atom. The molecule has 3 aromatic carbocycles. The molecule has 0 radical (unpaired) electrons. The van der Waals surface area contributed by atoms with Crippen LogP contribution in [0.1, 0.15) is 11.1 Å². The number of methoxy groups -OCH3 is 1. The highest BCUT2D eigenvalue weighted by Gasteiger charge is 2.32. The van der Waals surface area contributed by atoms with Crippen LogP contribution in [-0.2, 0) is 4.79 Å². The molecule has 0 aromatic heterocycles. The van der Waals surface area contributed by atoms with E-state index in [-0.39, 0.29) is 5.91 Å². The van der Waals surface area contributed by atoms with Crippen molar-refractivity contribution in [2.75, 3.05) is 12.0 Å². The molecule has 0 fully saturated rings. The molecule has 0 atom stereocenters. The fourth-order valence-electron chi connectivity index (χ4n) is 3.29. The Bertz CT molecular complexity index is 1190. The molecule has 4 rings (SSSR count). The van der Waals surface area contributed by atoms with Gasteiger partial charge in [-0.15, -0.1) is 0 Å². The van der Waals surface area contributed by atoms with Gasteiger partial charge in [-0.05, 0) is 63.5 Å². The minimum absolute atomic E-state index is 0.176. The normalized spacial score (nSPS) is 14.9. The monoisotopic (exact) mass is 499 g/mol. The number of nitrogens with zero attached hydrogens (tertiary/aromatic N) is 1. The molecule has 3 nitrogen and oxygen atoms in total. The molecular formula is C24H16BrCl2NO2. The van der Waals surface area contributed by atoms with Crippen molar-refractivity contribution in [1.82, 2.24) is 0 Å². The smallest absolute Gasteiger partial charge is 0.262 e. The number of carbonyl (C=O) groups excluding carboxylic acids is 1. The number of hydrogen-bond acceptors (Lipinski definition) is 2. The van der Waals surface area contributed by atoms with Gasteiger partial charge in [0.05, 0.1) is 33.0 Å². The van der Waals surface area contributed by atoms with E-state index in [1.54, 1.807) is 30.2 Å². The summed E-state index contributed by atoms with van der Waals surface area (Å²) in [4.78, 5) is 15.0. The van der Waals surface area contributed by atoms with Crippen LogP contribution in [0, 0.1) is 0 Å². The lowest BCUT2D eigenvalue weighted by Crippen LogP contribution is -2.25. The Labute approximate surface area is 193 Å². The summed E-state index contributed by atoms with van der Waals surface area (Å²) in [7, 11) is 1.61. The molecule has 1 amide bonds. The molecule has 3 aromatic rings. The van der Waals surface area contributed by atoms with Crippen molar-refractivity contribution in [3.63, 3.8) is 0 Å². The van der Waals surface area contributed by atoms with Crippen molar-refractivity contribution in [3.8, 4) is 5.75 Å². The number of hydrogen-bond donors (Lipinski definition) is 0. The fourth-order valence-corrected chi connectivity index (χ4v) is 4.23. The second kappa shape index (κ2) is 8.68. The molecule has 0 saturated heterocycles. The molecule has 0 spiro atoms. The fraction of sp³-hybridized carbons (Fsp3) is 0.0417. The molecule has 6 heteroatoms. The molecular weight excluding hydrogens is 485 g/mol. The topological polar surface area (TPSA) is 29.5 Å². The van der Waals surface area contributed by atoms with Gasteiger partial charge in [-0.3, -0.25) is 9.69 Å². The van der Waals surface area contributed by atoms with Crippen LogP contribution >= 0.6 is 39.1 Å². The van der Waals surface area contributed by atoms with Gasteiger partial charge >= 0.3 is 0 Å². The van der Waals surface area contributed by atoms with Gasteiger partial charge in [-0.1, -0.05) is 65.7 Å². The summed E-state index contributed by atoms with van der Waals surface area (Å²) in [6, 6.07) is 20.6. The predicted octanol–water partition coefficient (Wildman–Crippen LogP) is 7.24. The van der Waals surface area contributed by atoms with Gasteiger partial charge in [0.25, 0.3) is 5.91 Å². The van der Waals surface area contributed by atoms with Crippen molar-refractivity contribution in [1.29, 1.82) is 0 Å². The van der Waals surface area contributed by atoms with Crippen LogP contribution in [-0.4, -0.2) is 13.0 Å². The van der Waals surface area contributed by atoms with Crippen molar-refractivity contribution < 1.29 is 9.53 Å². The maximum absolute atomic E-state index is 13.4. The van der Waals surface area contributed by atoms with Gasteiger partial charge in [0.2, 0.25) is 0 Å². The first-order chi connectivity index (χ1) is 14.5. The number of benzene rings is 3.